The average molecular weight is 344 g/mol. The van der Waals surface area contributed by atoms with E-state index in [0.29, 0.717) is 17.9 Å². The molecule has 0 bridgehead atoms. The van der Waals surface area contributed by atoms with Crippen molar-refractivity contribution in [3.63, 3.8) is 0 Å². The minimum absolute atomic E-state index is 0.279. The molecule has 2 heterocycles. The second-order valence-corrected chi connectivity index (χ2v) is 8.11. The molecule has 0 spiro atoms. The van der Waals surface area contributed by atoms with Gasteiger partial charge in [0.25, 0.3) is 0 Å². The number of H-pyrrole nitrogens is 1. The van der Waals surface area contributed by atoms with E-state index in [0.717, 1.165) is 27.7 Å². The minimum atomic E-state index is -3.53. The molecule has 4 rings (SSSR count). The molecule has 6 heteroatoms. The van der Waals surface area contributed by atoms with Gasteiger partial charge >= 0.3 is 0 Å². The van der Waals surface area contributed by atoms with Gasteiger partial charge in [-0.3, -0.25) is 0 Å². The highest BCUT2D eigenvalue weighted by atomic mass is 32.2. The van der Waals surface area contributed by atoms with Gasteiger partial charge < -0.3 is 4.98 Å². The predicted molar refractivity (Wildman–Crippen MR) is 90.7 cm³/mol. The SMILES string of the molecule is Cc1ccc(S(=O)(=O)N2CCc3c([nH]c4ccc(F)cc34)C2)cc1. The van der Waals surface area contributed by atoms with Gasteiger partial charge in [-0.2, -0.15) is 4.31 Å². The summed E-state index contributed by atoms with van der Waals surface area (Å²) in [6.45, 7) is 2.60. The van der Waals surface area contributed by atoms with E-state index in [1.54, 1.807) is 30.3 Å². The maximum absolute atomic E-state index is 13.5. The Morgan fingerprint density at radius 1 is 1.12 bits per heavy atom. The van der Waals surface area contributed by atoms with Crippen molar-refractivity contribution >= 4 is 20.9 Å². The van der Waals surface area contributed by atoms with E-state index in [-0.39, 0.29) is 12.4 Å². The van der Waals surface area contributed by atoms with Gasteiger partial charge in [-0.1, -0.05) is 17.7 Å². The van der Waals surface area contributed by atoms with Crippen molar-refractivity contribution in [1.29, 1.82) is 0 Å². The van der Waals surface area contributed by atoms with E-state index in [4.69, 9.17) is 0 Å². The van der Waals surface area contributed by atoms with Gasteiger partial charge in [0, 0.05) is 23.1 Å². The third-order valence-corrected chi connectivity index (χ3v) is 6.42. The zero-order valence-electron chi connectivity index (χ0n) is 13.2. The third-order valence-electron chi connectivity index (χ3n) is 4.56. The number of aromatic nitrogens is 1. The summed E-state index contributed by atoms with van der Waals surface area (Å²) in [4.78, 5) is 3.54. The molecule has 4 nitrogen and oxygen atoms in total. The Morgan fingerprint density at radius 2 is 1.88 bits per heavy atom. The molecule has 1 aliphatic rings. The molecule has 1 N–H and O–H groups in total. The highest BCUT2D eigenvalue weighted by molar-refractivity contribution is 7.89. The molecule has 24 heavy (non-hydrogen) atoms. The molecule has 0 unspecified atom stereocenters. The minimum Gasteiger partial charge on any atom is -0.357 e. The van der Waals surface area contributed by atoms with Crippen molar-refractivity contribution in [1.82, 2.24) is 9.29 Å². The second-order valence-electron chi connectivity index (χ2n) is 6.17. The fourth-order valence-corrected chi connectivity index (χ4v) is 4.66. The Bertz CT molecular complexity index is 1020. The molecular weight excluding hydrogens is 327 g/mol. The van der Waals surface area contributed by atoms with Crippen molar-refractivity contribution in [3.8, 4) is 0 Å². The number of halogens is 1. The Kier molecular flexibility index (Phi) is 3.47. The zero-order chi connectivity index (χ0) is 16.9. The lowest BCUT2D eigenvalue weighted by Gasteiger charge is -2.26. The van der Waals surface area contributed by atoms with E-state index in [1.807, 2.05) is 6.92 Å². The molecule has 0 atom stereocenters. The summed E-state index contributed by atoms with van der Waals surface area (Å²) in [5.74, 6) is -0.279. The Morgan fingerprint density at radius 3 is 2.62 bits per heavy atom. The van der Waals surface area contributed by atoms with E-state index < -0.39 is 10.0 Å². The van der Waals surface area contributed by atoms with Gasteiger partial charge in [-0.15, -0.1) is 0 Å². The summed E-state index contributed by atoms with van der Waals surface area (Å²) in [6.07, 6.45) is 0.573. The molecule has 124 valence electrons. The van der Waals surface area contributed by atoms with Gasteiger partial charge in [0.2, 0.25) is 10.0 Å². The van der Waals surface area contributed by atoms with Crippen molar-refractivity contribution in [2.75, 3.05) is 6.54 Å². The molecule has 2 aromatic carbocycles. The molecule has 3 aromatic rings. The van der Waals surface area contributed by atoms with Crippen molar-refractivity contribution < 1.29 is 12.8 Å². The number of hydrogen-bond acceptors (Lipinski definition) is 2. The Labute approximate surface area is 140 Å². The van der Waals surface area contributed by atoms with Gasteiger partial charge in [-0.25, -0.2) is 12.8 Å². The van der Waals surface area contributed by atoms with Crippen LogP contribution in [0.25, 0.3) is 10.9 Å². The fraction of sp³-hybridized carbons (Fsp3) is 0.222. The van der Waals surface area contributed by atoms with E-state index >= 15 is 0 Å². The molecule has 1 aromatic heterocycles. The van der Waals surface area contributed by atoms with Crippen LogP contribution in [0.2, 0.25) is 0 Å². The number of aromatic amines is 1. The van der Waals surface area contributed by atoms with E-state index in [1.165, 1.54) is 16.4 Å². The van der Waals surface area contributed by atoms with Gasteiger partial charge in [-0.05, 0) is 49.2 Å². The molecule has 0 amide bonds. The lowest BCUT2D eigenvalue weighted by molar-refractivity contribution is 0.388. The van der Waals surface area contributed by atoms with Crippen LogP contribution in [-0.2, 0) is 23.0 Å². The number of nitrogens with one attached hydrogen (secondary N) is 1. The van der Waals surface area contributed by atoms with Crippen LogP contribution in [0.5, 0.6) is 0 Å². The third kappa shape index (κ3) is 2.42. The second kappa shape index (κ2) is 5.43. The first-order valence-electron chi connectivity index (χ1n) is 7.81. The first-order valence-corrected chi connectivity index (χ1v) is 9.25. The van der Waals surface area contributed by atoms with Gasteiger partial charge in [0.1, 0.15) is 5.82 Å². The first-order chi connectivity index (χ1) is 11.4. The Hall–Kier alpha value is -2.18. The fourth-order valence-electron chi connectivity index (χ4n) is 3.25. The lowest BCUT2D eigenvalue weighted by atomic mass is 10.0. The van der Waals surface area contributed by atoms with Crippen molar-refractivity contribution in [2.45, 2.75) is 24.8 Å². The average Bonchev–Trinajstić information content (AvgIpc) is 2.92. The van der Waals surface area contributed by atoms with Crippen LogP contribution in [0.4, 0.5) is 4.39 Å². The Balaban J connectivity index is 1.71. The quantitative estimate of drug-likeness (QED) is 0.775. The maximum Gasteiger partial charge on any atom is 0.243 e. The van der Waals surface area contributed by atoms with Crippen LogP contribution in [0, 0.1) is 12.7 Å². The smallest absolute Gasteiger partial charge is 0.243 e. The topological polar surface area (TPSA) is 53.2 Å². The standard InChI is InChI=1S/C18H17FN2O2S/c1-12-2-5-14(6-3-12)24(22,23)21-9-8-15-16-10-13(19)4-7-17(16)20-18(15)11-21/h2-7,10,20H,8-9,11H2,1H3. The van der Waals surface area contributed by atoms with Crippen molar-refractivity contribution in [3.05, 3.63) is 65.1 Å². The first kappa shape index (κ1) is 15.4. The van der Waals surface area contributed by atoms with E-state index in [2.05, 4.69) is 4.98 Å². The maximum atomic E-state index is 13.5. The van der Waals surface area contributed by atoms with Gasteiger partial charge in [0.15, 0.2) is 0 Å². The highest BCUT2D eigenvalue weighted by Gasteiger charge is 2.30. The van der Waals surface area contributed by atoms with Crippen LogP contribution in [0.1, 0.15) is 16.8 Å². The van der Waals surface area contributed by atoms with Crippen LogP contribution in [0.3, 0.4) is 0 Å². The van der Waals surface area contributed by atoms with Crippen LogP contribution in [0.15, 0.2) is 47.4 Å². The number of rotatable bonds is 2. The lowest BCUT2D eigenvalue weighted by Crippen LogP contribution is -2.35. The molecular formula is C18H17FN2O2S. The summed E-state index contributed by atoms with van der Waals surface area (Å²) in [5.41, 5.74) is 3.72. The normalized spacial score (nSPS) is 15.6. The number of fused-ring (bicyclic) bond motifs is 3. The molecule has 1 aliphatic heterocycles. The number of aryl methyl sites for hydroxylation is 1. The molecule has 0 saturated carbocycles. The van der Waals surface area contributed by atoms with Gasteiger partial charge in [0.05, 0.1) is 11.4 Å². The summed E-state index contributed by atoms with van der Waals surface area (Å²) in [5, 5.41) is 0.845. The largest absolute Gasteiger partial charge is 0.357 e. The van der Waals surface area contributed by atoms with Crippen LogP contribution >= 0.6 is 0 Å². The summed E-state index contributed by atoms with van der Waals surface area (Å²) >= 11 is 0. The molecule has 0 radical (unpaired) electrons. The number of benzene rings is 2. The summed E-state index contributed by atoms with van der Waals surface area (Å²) in [6, 6.07) is 11.5. The van der Waals surface area contributed by atoms with Crippen LogP contribution in [-0.4, -0.2) is 24.3 Å². The summed E-state index contributed by atoms with van der Waals surface area (Å²) < 4.78 is 40.6. The highest BCUT2D eigenvalue weighted by Crippen LogP contribution is 2.30. The number of nitrogens with zero attached hydrogens (tertiary/aromatic N) is 1. The predicted octanol–water partition coefficient (Wildman–Crippen LogP) is 3.36. The zero-order valence-corrected chi connectivity index (χ0v) is 14.0. The molecule has 0 saturated heterocycles. The number of sulfonamides is 1. The van der Waals surface area contributed by atoms with Crippen LogP contribution < -0.4 is 0 Å². The monoisotopic (exact) mass is 344 g/mol. The van der Waals surface area contributed by atoms with E-state index in [9.17, 15) is 12.8 Å². The number of hydrogen-bond donors (Lipinski definition) is 1. The molecule has 0 aliphatic carbocycles. The van der Waals surface area contributed by atoms with Crippen molar-refractivity contribution in [2.24, 2.45) is 0 Å². The molecule has 0 fully saturated rings. The summed E-state index contributed by atoms with van der Waals surface area (Å²) in [7, 11) is -3.53.